The first-order valence-corrected chi connectivity index (χ1v) is 6.08. The highest BCUT2D eigenvalue weighted by Crippen LogP contribution is 2.14. The van der Waals surface area contributed by atoms with Gasteiger partial charge in [-0.1, -0.05) is 32.0 Å². The summed E-state index contributed by atoms with van der Waals surface area (Å²) in [4.78, 5) is 24.4. The Bertz CT molecular complexity index is 390. The van der Waals surface area contributed by atoms with Gasteiger partial charge in [0, 0.05) is 12.7 Å². The Balaban J connectivity index is 2.79. The minimum atomic E-state index is -0.465. The number of likely N-dealkylation sites (N-methyl/N-ethyl adjacent to an activating group) is 1. The lowest BCUT2D eigenvalue weighted by Crippen LogP contribution is -2.45. The number of carbonyl (C=O) groups is 2. The first-order chi connectivity index (χ1) is 8.56. The van der Waals surface area contributed by atoms with E-state index in [0.29, 0.717) is 18.7 Å². The van der Waals surface area contributed by atoms with Gasteiger partial charge in [0.25, 0.3) is 0 Å². The molecule has 1 atom stereocenters. The molecule has 98 valence electrons. The van der Waals surface area contributed by atoms with E-state index in [1.54, 1.807) is 11.9 Å². The second-order valence-electron chi connectivity index (χ2n) is 4.70. The Kier molecular flexibility index (Phi) is 5.36. The van der Waals surface area contributed by atoms with Crippen molar-refractivity contribution in [1.82, 2.24) is 5.32 Å². The summed E-state index contributed by atoms with van der Waals surface area (Å²) in [6, 6.07) is 8.92. The molecule has 0 aromatic heterocycles. The van der Waals surface area contributed by atoms with Gasteiger partial charge in [0.2, 0.25) is 12.3 Å². The summed E-state index contributed by atoms with van der Waals surface area (Å²) in [5.41, 5.74) is 0.823. The summed E-state index contributed by atoms with van der Waals surface area (Å²) in [6.07, 6.45) is 1.22. The van der Waals surface area contributed by atoms with Crippen LogP contribution in [-0.4, -0.2) is 25.4 Å². The molecule has 1 N–H and O–H groups in total. The average molecular weight is 248 g/mol. The molecule has 1 aromatic carbocycles. The first-order valence-electron chi connectivity index (χ1n) is 6.08. The molecule has 1 rings (SSSR count). The molecule has 2 amide bonds. The van der Waals surface area contributed by atoms with Crippen LogP contribution in [0, 0.1) is 5.92 Å². The maximum Gasteiger partial charge on any atom is 0.249 e. The fraction of sp³-hybridized carbons (Fsp3) is 0.429. The fourth-order valence-corrected chi connectivity index (χ4v) is 1.81. The lowest BCUT2D eigenvalue weighted by atomic mass is 10.0. The molecule has 0 aliphatic carbocycles. The van der Waals surface area contributed by atoms with E-state index in [0.717, 1.165) is 5.69 Å². The van der Waals surface area contributed by atoms with E-state index in [4.69, 9.17) is 0 Å². The first kappa shape index (κ1) is 14.2. The normalized spacial score (nSPS) is 12.0. The van der Waals surface area contributed by atoms with Gasteiger partial charge >= 0.3 is 0 Å². The van der Waals surface area contributed by atoms with Gasteiger partial charge in [0.1, 0.15) is 6.04 Å². The summed E-state index contributed by atoms with van der Waals surface area (Å²) in [6.45, 7) is 4.05. The van der Waals surface area contributed by atoms with E-state index in [1.807, 2.05) is 44.2 Å². The molecular weight excluding hydrogens is 228 g/mol. The van der Waals surface area contributed by atoms with Crippen LogP contribution < -0.4 is 10.2 Å². The highest BCUT2D eigenvalue weighted by molar-refractivity contribution is 5.97. The van der Waals surface area contributed by atoms with Gasteiger partial charge in [-0.25, -0.2) is 0 Å². The summed E-state index contributed by atoms with van der Waals surface area (Å²) in [7, 11) is 1.72. The largest absolute Gasteiger partial charge is 0.347 e. The smallest absolute Gasteiger partial charge is 0.249 e. The molecular formula is C14H20N2O2. The van der Waals surface area contributed by atoms with E-state index in [-0.39, 0.29) is 5.91 Å². The topological polar surface area (TPSA) is 49.4 Å². The van der Waals surface area contributed by atoms with Crippen LogP contribution in [0.15, 0.2) is 30.3 Å². The van der Waals surface area contributed by atoms with Crippen molar-refractivity contribution in [2.75, 3.05) is 11.9 Å². The van der Waals surface area contributed by atoms with Crippen LogP contribution in [0.4, 0.5) is 5.69 Å². The third-order valence-corrected chi connectivity index (χ3v) is 2.75. The summed E-state index contributed by atoms with van der Waals surface area (Å²) >= 11 is 0. The molecule has 0 radical (unpaired) electrons. The molecule has 0 spiro atoms. The number of nitrogens with one attached hydrogen (secondary N) is 1. The predicted octanol–water partition coefficient (Wildman–Crippen LogP) is 1.81. The van der Waals surface area contributed by atoms with Gasteiger partial charge in [-0.2, -0.15) is 0 Å². The van der Waals surface area contributed by atoms with Crippen molar-refractivity contribution in [2.45, 2.75) is 26.3 Å². The van der Waals surface area contributed by atoms with Crippen LogP contribution in [0.2, 0.25) is 0 Å². The number of rotatable bonds is 6. The van der Waals surface area contributed by atoms with Crippen molar-refractivity contribution < 1.29 is 9.59 Å². The molecule has 0 heterocycles. The van der Waals surface area contributed by atoms with E-state index in [1.165, 1.54) is 0 Å². The molecule has 18 heavy (non-hydrogen) atoms. The van der Waals surface area contributed by atoms with Crippen molar-refractivity contribution in [1.29, 1.82) is 0 Å². The molecule has 0 fully saturated rings. The maximum absolute atomic E-state index is 12.3. The van der Waals surface area contributed by atoms with E-state index >= 15 is 0 Å². The van der Waals surface area contributed by atoms with Gasteiger partial charge in [-0.05, 0) is 24.5 Å². The lowest BCUT2D eigenvalue weighted by molar-refractivity contribution is -0.123. The number of carbonyl (C=O) groups excluding carboxylic acids is 2. The quantitative estimate of drug-likeness (QED) is 0.781. The highest BCUT2D eigenvalue weighted by Gasteiger charge is 2.23. The number of amides is 2. The van der Waals surface area contributed by atoms with Gasteiger partial charge in [0.05, 0.1) is 0 Å². The summed E-state index contributed by atoms with van der Waals surface area (Å²) in [5.74, 6) is 0.248. The fourth-order valence-electron chi connectivity index (χ4n) is 1.81. The molecule has 0 saturated carbocycles. The summed E-state index contributed by atoms with van der Waals surface area (Å²) < 4.78 is 0. The maximum atomic E-state index is 12.3. The highest BCUT2D eigenvalue weighted by atomic mass is 16.2. The zero-order chi connectivity index (χ0) is 13.5. The molecule has 4 heteroatoms. The third-order valence-electron chi connectivity index (χ3n) is 2.75. The molecule has 1 aromatic rings. The zero-order valence-corrected chi connectivity index (χ0v) is 11.1. The number of para-hydroxylation sites is 1. The minimum Gasteiger partial charge on any atom is -0.347 e. The Morgan fingerprint density at radius 3 is 2.44 bits per heavy atom. The molecule has 0 aliphatic heterocycles. The van der Waals surface area contributed by atoms with Gasteiger partial charge in [-0.15, -0.1) is 0 Å². The molecule has 0 bridgehead atoms. The van der Waals surface area contributed by atoms with Crippen LogP contribution in [0.1, 0.15) is 20.3 Å². The monoisotopic (exact) mass is 248 g/mol. The van der Waals surface area contributed by atoms with Crippen LogP contribution >= 0.6 is 0 Å². The zero-order valence-electron chi connectivity index (χ0n) is 11.1. The van der Waals surface area contributed by atoms with Crippen LogP contribution in [0.25, 0.3) is 0 Å². The Morgan fingerprint density at radius 1 is 1.33 bits per heavy atom. The Hall–Kier alpha value is -1.84. The second-order valence-corrected chi connectivity index (χ2v) is 4.70. The Labute approximate surface area is 108 Å². The number of hydrogen-bond acceptors (Lipinski definition) is 2. The van der Waals surface area contributed by atoms with E-state index in [2.05, 4.69) is 5.32 Å². The van der Waals surface area contributed by atoms with E-state index in [9.17, 15) is 9.59 Å². The van der Waals surface area contributed by atoms with Crippen LogP contribution in [-0.2, 0) is 9.59 Å². The van der Waals surface area contributed by atoms with Crippen molar-refractivity contribution in [3.8, 4) is 0 Å². The summed E-state index contributed by atoms with van der Waals surface area (Å²) in [5, 5.41) is 2.59. The molecule has 1 unspecified atom stereocenters. The number of benzene rings is 1. The van der Waals surface area contributed by atoms with Gasteiger partial charge in [0.15, 0.2) is 0 Å². The van der Waals surface area contributed by atoms with Crippen LogP contribution in [0.5, 0.6) is 0 Å². The lowest BCUT2D eigenvalue weighted by Gasteiger charge is -2.24. The standard InChI is InChI=1S/C14H20N2O2/c1-11(2)9-13(15-10-17)14(18)16(3)12-7-5-4-6-8-12/h4-8,10-11,13H,9H2,1-3H3,(H,15,17). The third kappa shape index (κ3) is 3.87. The van der Waals surface area contributed by atoms with Gasteiger partial charge in [-0.3, -0.25) is 9.59 Å². The minimum absolute atomic E-state index is 0.0954. The predicted molar refractivity (Wildman–Crippen MR) is 72.3 cm³/mol. The van der Waals surface area contributed by atoms with Crippen molar-refractivity contribution in [2.24, 2.45) is 5.92 Å². The van der Waals surface area contributed by atoms with E-state index < -0.39 is 6.04 Å². The number of anilines is 1. The number of hydrogen-bond donors (Lipinski definition) is 1. The Morgan fingerprint density at radius 2 is 1.94 bits per heavy atom. The van der Waals surface area contributed by atoms with Crippen molar-refractivity contribution >= 4 is 18.0 Å². The average Bonchev–Trinajstić information content (AvgIpc) is 2.37. The van der Waals surface area contributed by atoms with Crippen LogP contribution in [0.3, 0.4) is 0 Å². The van der Waals surface area contributed by atoms with Crippen molar-refractivity contribution in [3.05, 3.63) is 30.3 Å². The molecule has 0 aliphatic rings. The second kappa shape index (κ2) is 6.79. The van der Waals surface area contributed by atoms with Gasteiger partial charge < -0.3 is 10.2 Å². The molecule has 4 nitrogen and oxygen atoms in total. The molecule has 0 saturated heterocycles. The SMILES string of the molecule is CC(C)CC(NC=O)C(=O)N(C)c1ccccc1. The van der Waals surface area contributed by atoms with Crippen molar-refractivity contribution in [3.63, 3.8) is 0 Å². The number of nitrogens with zero attached hydrogens (tertiary/aromatic N) is 1.